The predicted molar refractivity (Wildman–Crippen MR) is 98.1 cm³/mol. The number of hydrogen-bond donors (Lipinski definition) is 0. The summed E-state index contributed by atoms with van der Waals surface area (Å²) in [7, 11) is 0. The van der Waals surface area contributed by atoms with E-state index in [1.54, 1.807) is 29.2 Å². The Morgan fingerprint density at radius 1 is 1.00 bits per heavy atom. The van der Waals surface area contributed by atoms with Gasteiger partial charge < -0.3 is 9.64 Å². The second-order valence-corrected chi connectivity index (χ2v) is 6.27. The van der Waals surface area contributed by atoms with E-state index in [0.717, 1.165) is 17.7 Å². The summed E-state index contributed by atoms with van der Waals surface area (Å²) in [4.78, 5) is 37.4. The first-order valence-corrected chi connectivity index (χ1v) is 8.76. The van der Waals surface area contributed by atoms with Gasteiger partial charge in [0.15, 0.2) is 12.4 Å². The van der Waals surface area contributed by atoms with Gasteiger partial charge in [0, 0.05) is 30.6 Å². The molecule has 134 valence electrons. The van der Waals surface area contributed by atoms with Gasteiger partial charge in [0.05, 0.1) is 0 Å². The van der Waals surface area contributed by atoms with Gasteiger partial charge in [-0.3, -0.25) is 14.4 Å². The molecule has 0 saturated carbocycles. The largest absolute Gasteiger partial charge is 0.457 e. The number of nitrogens with zero attached hydrogens (tertiary/aromatic N) is 1. The zero-order valence-electron chi connectivity index (χ0n) is 14.5. The monoisotopic (exact) mass is 351 g/mol. The van der Waals surface area contributed by atoms with E-state index < -0.39 is 0 Å². The van der Waals surface area contributed by atoms with Crippen molar-refractivity contribution in [1.29, 1.82) is 0 Å². The van der Waals surface area contributed by atoms with Gasteiger partial charge in [-0.25, -0.2) is 0 Å². The van der Waals surface area contributed by atoms with E-state index in [1.807, 2.05) is 30.3 Å². The number of ketones is 1. The summed E-state index contributed by atoms with van der Waals surface area (Å²) < 4.78 is 5.07. The van der Waals surface area contributed by atoms with Gasteiger partial charge in [-0.05, 0) is 42.7 Å². The van der Waals surface area contributed by atoms with Crippen LogP contribution in [0.1, 0.15) is 35.2 Å². The lowest BCUT2D eigenvalue weighted by atomic mass is 10.1. The van der Waals surface area contributed by atoms with E-state index in [9.17, 15) is 14.4 Å². The third-order valence-corrected chi connectivity index (χ3v) is 4.40. The van der Waals surface area contributed by atoms with Crippen LogP contribution in [0.2, 0.25) is 0 Å². The number of Topliss-reactive ketones (excluding diaryl/α,β-unsaturated/α-hetero) is 1. The lowest BCUT2D eigenvalue weighted by Gasteiger charge is -2.15. The van der Waals surface area contributed by atoms with Gasteiger partial charge >= 0.3 is 5.97 Å². The van der Waals surface area contributed by atoms with Crippen molar-refractivity contribution in [2.45, 2.75) is 25.7 Å². The van der Waals surface area contributed by atoms with Gasteiger partial charge in [0.1, 0.15) is 0 Å². The average Bonchev–Trinajstić information content (AvgIpc) is 3.11. The highest BCUT2D eigenvalue weighted by Crippen LogP contribution is 2.21. The molecule has 0 radical (unpaired) electrons. The Morgan fingerprint density at radius 3 is 2.38 bits per heavy atom. The number of benzene rings is 2. The van der Waals surface area contributed by atoms with Crippen LogP contribution in [0, 0.1) is 0 Å². The second-order valence-electron chi connectivity index (χ2n) is 6.27. The fourth-order valence-corrected chi connectivity index (χ4v) is 2.94. The normalized spacial score (nSPS) is 13.7. The number of hydrogen-bond acceptors (Lipinski definition) is 4. The maximum atomic E-state index is 12.2. The lowest BCUT2D eigenvalue weighted by molar-refractivity contribution is -0.142. The van der Waals surface area contributed by atoms with Crippen LogP contribution in [0.5, 0.6) is 0 Å². The number of carbonyl (C=O) groups excluding carboxylic acids is 3. The van der Waals surface area contributed by atoms with E-state index in [2.05, 4.69) is 0 Å². The first-order chi connectivity index (χ1) is 12.6. The molecular weight excluding hydrogens is 330 g/mol. The SMILES string of the molecule is O=C(CCc1ccccc1)OCC(=O)c1ccc(N2CCCC2=O)cc1. The molecule has 1 amide bonds. The first-order valence-electron chi connectivity index (χ1n) is 8.76. The Morgan fingerprint density at radius 2 is 1.73 bits per heavy atom. The number of aryl methyl sites for hydroxylation is 1. The molecule has 1 saturated heterocycles. The first kappa shape index (κ1) is 17.9. The van der Waals surface area contributed by atoms with E-state index in [1.165, 1.54) is 0 Å². The van der Waals surface area contributed by atoms with Crippen LogP contribution in [-0.2, 0) is 20.7 Å². The quantitative estimate of drug-likeness (QED) is 0.568. The van der Waals surface area contributed by atoms with Crippen molar-refractivity contribution in [3.05, 3.63) is 65.7 Å². The fourth-order valence-electron chi connectivity index (χ4n) is 2.94. The summed E-state index contributed by atoms with van der Waals surface area (Å²) in [5.41, 5.74) is 2.32. The summed E-state index contributed by atoms with van der Waals surface area (Å²) in [5.74, 6) is -0.532. The Bertz CT molecular complexity index is 783. The molecule has 0 aliphatic carbocycles. The van der Waals surface area contributed by atoms with Crippen molar-refractivity contribution < 1.29 is 19.1 Å². The van der Waals surface area contributed by atoms with Gasteiger partial charge in [0.25, 0.3) is 0 Å². The fraction of sp³-hybridized carbons (Fsp3) is 0.286. The van der Waals surface area contributed by atoms with Crippen molar-refractivity contribution in [2.75, 3.05) is 18.1 Å². The Balaban J connectivity index is 1.47. The second kappa shape index (κ2) is 8.43. The molecule has 1 aliphatic rings. The standard InChI is InChI=1S/C21H21NO4/c23-19(15-26-21(25)13-8-16-5-2-1-3-6-16)17-9-11-18(12-10-17)22-14-4-7-20(22)24/h1-3,5-6,9-12H,4,7-8,13-15H2. The van der Waals surface area contributed by atoms with Crippen molar-refractivity contribution in [3.8, 4) is 0 Å². The number of carbonyl (C=O) groups is 3. The minimum atomic E-state index is -0.388. The smallest absolute Gasteiger partial charge is 0.306 e. The molecule has 0 N–H and O–H groups in total. The third-order valence-electron chi connectivity index (χ3n) is 4.40. The number of anilines is 1. The van der Waals surface area contributed by atoms with Crippen LogP contribution in [-0.4, -0.2) is 30.8 Å². The minimum absolute atomic E-state index is 0.108. The lowest BCUT2D eigenvalue weighted by Crippen LogP contribution is -2.23. The maximum absolute atomic E-state index is 12.2. The van der Waals surface area contributed by atoms with Crippen LogP contribution < -0.4 is 4.90 Å². The topological polar surface area (TPSA) is 63.7 Å². The Kier molecular flexibility index (Phi) is 5.79. The molecular formula is C21H21NO4. The molecule has 0 spiro atoms. The van der Waals surface area contributed by atoms with Crippen molar-refractivity contribution in [1.82, 2.24) is 0 Å². The molecule has 0 bridgehead atoms. The van der Waals surface area contributed by atoms with E-state index >= 15 is 0 Å². The zero-order chi connectivity index (χ0) is 18.4. The molecule has 2 aromatic carbocycles. The molecule has 26 heavy (non-hydrogen) atoms. The maximum Gasteiger partial charge on any atom is 0.306 e. The number of rotatable bonds is 7. The molecule has 3 rings (SSSR count). The highest BCUT2D eigenvalue weighted by molar-refractivity contribution is 5.99. The van der Waals surface area contributed by atoms with Gasteiger partial charge in [-0.1, -0.05) is 30.3 Å². The molecule has 0 atom stereocenters. The van der Waals surface area contributed by atoms with Gasteiger partial charge in [-0.15, -0.1) is 0 Å². The molecule has 0 unspecified atom stereocenters. The van der Waals surface area contributed by atoms with E-state index in [4.69, 9.17) is 4.74 Å². The Labute approximate surface area is 152 Å². The van der Waals surface area contributed by atoms with E-state index in [-0.39, 0.29) is 30.7 Å². The Hall–Kier alpha value is -2.95. The highest BCUT2D eigenvalue weighted by Gasteiger charge is 2.21. The summed E-state index contributed by atoms with van der Waals surface area (Å²) in [6.45, 7) is 0.445. The van der Waals surface area contributed by atoms with Crippen molar-refractivity contribution in [2.24, 2.45) is 0 Å². The highest BCUT2D eigenvalue weighted by atomic mass is 16.5. The number of ether oxygens (including phenoxy) is 1. The molecule has 5 nitrogen and oxygen atoms in total. The predicted octanol–water partition coefficient (Wildman–Crippen LogP) is 3.17. The summed E-state index contributed by atoms with van der Waals surface area (Å²) in [6, 6.07) is 16.5. The third kappa shape index (κ3) is 4.57. The van der Waals surface area contributed by atoms with Crippen LogP contribution >= 0.6 is 0 Å². The number of amides is 1. The van der Waals surface area contributed by atoms with E-state index in [0.29, 0.717) is 24.9 Å². The van der Waals surface area contributed by atoms with Crippen LogP contribution in [0.3, 0.4) is 0 Å². The summed E-state index contributed by atoms with van der Waals surface area (Å²) in [5, 5.41) is 0. The van der Waals surface area contributed by atoms with Gasteiger partial charge in [-0.2, -0.15) is 0 Å². The number of esters is 1. The van der Waals surface area contributed by atoms with Crippen molar-refractivity contribution >= 4 is 23.3 Å². The molecule has 2 aromatic rings. The summed E-state index contributed by atoms with van der Waals surface area (Å²) in [6.07, 6.45) is 2.26. The molecule has 1 aliphatic heterocycles. The average molecular weight is 351 g/mol. The molecule has 0 aromatic heterocycles. The molecule has 5 heteroatoms. The minimum Gasteiger partial charge on any atom is -0.457 e. The van der Waals surface area contributed by atoms with Crippen LogP contribution in [0.25, 0.3) is 0 Å². The zero-order valence-corrected chi connectivity index (χ0v) is 14.5. The molecule has 1 fully saturated rings. The van der Waals surface area contributed by atoms with Crippen molar-refractivity contribution in [3.63, 3.8) is 0 Å². The van der Waals surface area contributed by atoms with Crippen LogP contribution in [0.15, 0.2) is 54.6 Å². The van der Waals surface area contributed by atoms with Gasteiger partial charge in [0.2, 0.25) is 5.91 Å². The van der Waals surface area contributed by atoms with Crippen LogP contribution in [0.4, 0.5) is 5.69 Å². The summed E-state index contributed by atoms with van der Waals surface area (Å²) >= 11 is 0. The molecule has 1 heterocycles.